The first-order chi connectivity index (χ1) is 6.80. The molecule has 0 aromatic rings. The first-order valence-corrected chi connectivity index (χ1v) is 6.21. The molecule has 3 N–H and O–H groups in total. The van der Waals surface area contributed by atoms with Gasteiger partial charge in [0.2, 0.25) is 0 Å². The van der Waals surface area contributed by atoms with Crippen LogP contribution in [0, 0.1) is 17.3 Å². The molecule has 0 aliphatic heterocycles. The fourth-order valence-electron chi connectivity index (χ4n) is 2.51. The second-order valence-corrected chi connectivity index (χ2v) is 5.28. The van der Waals surface area contributed by atoms with Gasteiger partial charge in [0.25, 0.3) is 0 Å². The van der Waals surface area contributed by atoms with E-state index in [4.69, 9.17) is 5.73 Å². The minimum absolute atomic E-state index is 0.685. The first-order valence-electron chi connectivity index (χ1n) is 6.21. The molecule has 82 valence electrons. The topological polar surface area (TPSA) is 38.0 Å². The average molecular weight is 196 g/mol. The summed E-state index contributed by atoms with van der Waals surface area (Å²) in [4.78, 5) is 0. The molecule has 0 bridgehead atoms. The lowest BCUT2D eigenvalue weighted by molar-refractivity contribution is 0.376. The van der Waals surface area contributed by atoms with Gasteiger partial charge in [-0.05, 0) is 56.0 Å². The molecule has 2 rings (SSSR count). The van der Waals surface area contributed by atoms with Crippen molar-refractivity contribution in [3.63, 3.8) is 0 Å². The number of rotatable bonds is 7. The van der Waals surface area contributed by atoms with Gasteiger partial charge in [0.15, 0.2) is 0 Å². The van der Waals surface area contributed by atoms with E-state index in [0.717, 1.165) is 24.4 Å². The van der Waals surface area contributed by atoms with E-state index in [1.54, 1.807) is 0 Å². The van der Waals surface area contributed by atoms with Gasteiger partial charge in [0.1, 0.15) is 0 Å². The zero-order chi connectivity index (χ0) is 10.0. The molecule has 1 unspecified atom stereocenters. The maximum Gasteiger partial charge on any atom is 0.00106 e. The second-order valence-electron chi connectivity index (χ2n) is 5.28. The molecule has 0 heterocycles. The molecular weight excluding hydrogens is 172 g/mol. The van der Waals surface area contributed by atoms with E-state index in [2.05, 4.69) is 12.2 Å². The molecule has 1 atom stereocenters. The summed E-state index contributed by atoms with van der Waals surface area (Å²) >= 11 is 0. The molecule has 0 radical (unpaired) electrons. The summed E-state index contributed by atoms with van der Waals surface area (Å²) in [6.45, 7) is 5.45. The first kappa shape index (κ1) is 10.4. The Morgan fingerprint density at radius 1 is 1.43 bits per heavy atom. The standard InChI is InChI=1S/C12H24N2/c1-2-10(7-13)8-14-9-12(5-6-12)11-3-4-11/h10-11,14H,2-9,13H2,1H3. The molecule has 2 fully saturated rings. The minimum Gasteiger partial charge on any atom is -0.330 e. The van der Waals surface area contributed by atoms with Crippen LogP contribution in [-0.2, 0) is 0 Å². The predicted molar refractivity (Wildman–Crippen MR) is 60.1 cm³/mol. The Morgan fingerprint density at radius 3 is 2.57 bits per heavy atom. The van der Waals surface area contributed by atoms with Gasteiger partial charge in [-0.2, -0.15) is 0 Å². The SMILES string of the molecule is CCC(CN)CNCC1(C2CC2)CC1. The fourth-order valence-corrected chi connectivity index (χ4v) is 2.51. The monoisotopic (exact) mass is 196 g/mol. The van der Waals surface area contributed by atoms with Crippen LogP contribution < -0.4 is 11.1 Å². The molecule has 2 aliphatic rings. The summed E-state index contributed by atoms with van der Waals surface area (Å²) in [5.41, 5.74) is 6.42. The van der Waals surface area contributed by atoms with E-state index < -0.39 is 0 Å². The molecule has 2 heteroatoms. The molecule has 0 aromatic carbocycles. The highest BCUT2D eigenvalue weighted by atomic mass is 14.9. The molecular formula is C12H24N2. The van der Waals surface area contributed by atoms with Crippen LogP contribution in [0.5, 0.6) is 0 Å². The summed E-state index contributed by atoms with van der Waals surface area (Å²) < 4.78 is 0. The second kappa shape index (κ2) is 4.19. The molecule has 2 aliphatic carbocycles. The number of hydrogen-bond acceptors (Lipinski definition) is 2. The zero-order valence-electron chi connectivity index (χ0n) is 9.39. The summed E-state index contributed by atoms with van der Waals surface area (Å²) in [6.07, 6.45) is 7.15. The van der Waals surface area contributed by atoms with E-state index >= 15 is 0 Å². The lowest BCUT2D eigenvalue weighted by Gasteiger charge is -2.18. The Morgan fingerprint density at radius 2 is 2.14 bits per heavy atom. The van der Waals surface area contributed by atoms with Gasteiger partial charge >= 0.3 is 0 Å². The molecule has 2 saturated carbocycles. The Hall–Kier alpha value is -0.0800. The van der Waals surface area contributed by atoms with Crippen LogP contribution in [0.1, 0.15) is 39.0 Å². The third kappa shape index (κ3) is 2.29. The number of nitrogens with two attached hydrogens (primary N) is 1. The maximum atomic E-state index is 5.68. The van der Waals surface area contributed by atoms with Gasteiger partial charge in [0.05, 0.1) is 0 Å². The highest BCUT2D eigenvalue weighted by Gasteiger charge is 2.53. The number of nitrogens with one attached hydrogen (secondary N) is 1. The van der Waals surface area contributed by atoms with Crippen LogP contribution in [0.25, 0.3) is 0 Å². The van der Waals surface area contributed by atoms with Crippen LogP contribution in [-0.4, -0.2) is 19.6 Å². The van der Waals surface area contributed by atoms with E-state index in [0.29, 0.717) is 5.92 Å². The van der Waals surface area contributed by atoms with E-state index in [1.165, 1.54) is 38.6 Å². The van der Waals surface area contributed by atoms with Crippen LogP contribution in [0.3, 0.4) is 0 Å². The van der Waals surface area contributed by atoms with Crippen molar-refractivity contribution < 1.29 is 0 Å². The Balaban J connectivity index is 1.62. The zero-order valence-corrected chi connectivity index (χ0v) is 9.39. The van der Waals surface area contributed by atoms with Crippen molar-refractivity contribution in [3.05, 3.63) is 0 Å². The normalized spacial score (nSPS) is 26.1. The molecule has 0 spiro atoms. The Bertz CT molecular complexity index is 179. The van der Waals surface area contributed by atoms with Crippen molar-refractivity contribution in [3.8, 4) is 0 Å². The van der Waals surface area contributed by atoms with Crippen LogP contribution in [0.4, 0.5) is 0 Å². The van der Waals surface area contributed by atoms with Gasteiger partial charge in [-0.3, -0.25) is 0 Å². The third-order valence-electron chi connectivity index (χ3n) is 4.16. The maximum absolute atomic E-state index is 5.68. The molecule has 0 saturated heterocycles. The summed E-state index contributed by atoms with van der Waals surface area (Å²) in [7, 11) is 0. The van der Waals surface area contributed by atoms with Gasteiger partial charge in [-0.1, -0.05) is 13.3 Å². The summed E-state index contributed by atoms with van der Waals surface area (Å²) in [5.74, 6) is 1.76. The Labute approximate surface area is 87.6 Å². The van der Waals surface area contributed by atoms with Crippen molar-refractivity contribution in [1.29, 1.82) is 0 Å². The molecule has 14 heavy (non-hydrogen) atoms. The highest BCUT2D eigenvalue weighted by Crippen LogP contribution is 2.60. The van der Waals surface area contributed by atoms with E-state index in [-0.39, 0.29) is 0 Å². The fraction of sp³-hybridized carbons (Fsp3) is 1.00. The highest BCUT2D eigenvalue weighted by molar-refractivity contribution is 5.05. The number of hydrogen-bond donors (Lipinski definition) is 2. The average Bonchev–Trinajstić information content (AvgIpc) is 3.03. The van der Waals surface area contributed by atoms with Gasteiger partial charge in [-0.15, -0.1) is 0 Å². The lowest BCUT2D eigenvalue weighted by atomic mass is 10.00. The summed E-state index contributed by atoms with van der Waals surface area (Å²) in [5, 5.41) is 3.63. The smallest absolute Gasteiger partial charge is 0.00106 e. The van der Waals surface area contributed by atoms with Crippen molar-refractivity contribution in [2.24, 2.45) is 23.0 Å². The lowest BCUT2D eigenvalue weighted by Crippen LogP contribution is -2.32. The quantitative estimate of drug-likeness (QED) is 0.651. The molecule has 0 amide bonds. The molecule has 0 aromatic heterocycles. The Kier molecular flexibility index (Phi) is 3.13. The van der Waals surface area contributed by atoms with Crippen LogP contribution >= 0.6 is 0 Å². The van der Waals surface area contributed by atoms with Crippen LogP contribution in [0.15, 0.2) is 0 Å². The van der Waals surface area contributed by atoms with Crippen molar-refractivity contribution in [1.82, 2.24) is 5.32 Å². The van der Waals surface area contributed by atoms with Crippen LogP contribution in [0.2, 0.25) is 0 Å². The minimum atomic E-state index is 0.685. The van der Waals surface area contributed by atoms with Crippen molar-refractivity contribution in [2.45, 2.75) is 39.0 Å². The third-order valence-corrected chi connectivity index (χ3v) is 4.16. The van der Waals surface area contributed by atoms with E-state index in [9.17, 15) is 0 Å². The molecule has 2 nitrogen and oxygen atoms in total. The van der Waals surface area contributed by atoms with Gasteiger partial charge < -0.3 is 11.1 Å². The summed E-state index contributed by atoms with van der Waals surface area (Å²) in [6, 6.07) is 0. The predicted octanol–water partition coefficient (Wildman–Crippen LogP) is 1.75. The van der Waals surface area contributed by atoms with E-state index in [1.807, 2.05) is 0 Å². The van der Waals surface area contributed by atoms with Crippen molar-refractivity contribution >= 4 is 0 Å². The largest absolute Gasteiger partial charge is 0.330 e. The van der Waals surface area contributed by atoms with Gasteiger partial charge in [0, 0.05) is 6.54 Å². The van der Waals surface area contributed by atoms with Gasteiger partial charge in [-0.25, -0.2) is 0 Å². The van der Waals surface area contributed by atoms with Crippen molar-refractivity contribution in [2.75, 3.05) is 19.6 Å².